The summed E-state index contributed by atoms with van der Waals surface area (Å²) in [6.07, 6.45) is 0. The van der Waals surface area contributed by atoms with E-state index in [1.165, 1.54) is 11.4 Å². The van der Waals surface area contributed by atoms with Crippen LogP contribution < -0.4 is 10.2 Å². The van der Waals surface area contributed by atoms with Crippen molar-refractivity contribution in [2.24, 2.45) is 0 Å². The fraction of sp³-hybridized carbons (Fsp3) is 0.429. The zero-order valence-corrected chi connectivity index (χ0v) is 6.74. The number of nitrogens with zero attached hydrogens (tertiary/aromatic N) is 1. The van der Waals surface area contributed by atoms with E-state index in [0.29, 0.717) is 0 Å². The molecule has 2 nitrogen and oxygen atoms in total. The number of anilines is 2. The summed E-state index contributed by atoms with van der Waals surface area (Å²) in [7, 11) is 2.13. The van der Waals surface area contributed by atoms with Crippen LogP contribution in [0.1, 0.15) is 0 Å². The highest BCUT2D eigenvalue weighted by Crippen LogP contribution is 2.31. The highest BCUT2D eigenvalue weighted by Gasteiger charge is 2.12. The van der Waals surface area contributed by atoms with Crippen LogP contribution in [0.2, 0.25) is 0 Å². The Balaban J connectivity index is 2.41. The van der Waals surface area contributed by atoms with Gasteiger partial charge in [0.2, 0.25) is 0 Å². The van der Waals surface area contributed by atoms with Gasteiger partial charge < -0.3 is 10.2 Å². The van der Waals surface area contributed by atoms with E-state index in [1.807, 2.05) is 0 Å². The second kappa shape index (κ2) is 2.16. The summed E-state index contributed by atoms with van der Waals surface area (Å²) < 4.78 is 0. The predicted molar refractivity (Wildman–Crippen MR) is 46.1 cm³/mol. The molecule has 1 aromatic heterocycles. The Labute approximate surface area is 64.5 Å². The topological polar surface area (TPSA) is 15.3 Å². The van der Waals surface area contributed by atoms with E-state index in [1.54, 1.807) is 11.3 Å². The van der Waals surface area contributed by atoms with E-state index < -0.39 is 0 Å². The van der Waals surface area contributed by atoms with Gasteiger partial charge in [-0.25, -0.2) is 0 Å². The van der Waals surface area contributed by atoms with Crippen molar-refractivity contribution < 1.29 is 0 Å². The van der Waals surface area contributed by atoms with Crippen molar-refractivity contribution in [3.8, 4) is 0 Å². The van der Waals surface area contributed by atoms with E-state index in [0.717, 1.165) is 13.1 Å². The first-order chi connectivity index (χ1) is 4.88. The highest BCUT2D eigenvalue weighted by atomic mass is 32.1. The van der Waals surface area contributed by atoms with Crippen molar-refractivity contribution in [3.63, 3.8) is 0 Å². The molecule has 1 N–H and O–H groups in total. The van der Waals surface area contributed by atoms with Gasteiger partial charge in [-0.15, -0.1) is 11.3 Å². The maximum Gasteiger partial charge on any atom is 0.0708 e. The molecule has 1 aliphatic rings. The third-order valence-electron chi connectivity index (χ3n) is 1.82. The number of fused-ring (bicyclic) bond motifs is 1. The first-order valence-electron chi connectivity index (χ1n) is 3.39. The normalized spacial score (nSPS) is 16.3. The molecular weight excluding hydrogens is 144 g/mol. The number of hydrogen-bond acceptors (Lipinski definition) is 3. The van der Waals surface area contributed by atoms with Crippen molar-refractivity contribution in [2.75, 3.05) is 30.4 Å². The van der Waals surface area contributed by atoms with Gasteiger partial charge in [-0.2, -0.15) is 0 Å². The van der Waals surface area contributed by atoms with Crippen molar-refractivity contribution in [2.45, 2.75) is 0 Å². The molecule has 0 aromatic carbocycles. The van der Waals surface area contributed by atoms with Gasteiger partial charge in [0, 0.05) is 30.9 Å². The molecule has 1 aliphatic heterocycles. The monoisotopic (exact) mass is 154 g/mol. The number of thiophene rings is 1. The molecule has 10 heavy (non-hydrogen) atoms. The largest absolute Gasteiger partial charge is 0.381 e. The standard InChI is InChI=1S/C7H10N2S/c1-9-3-2-8-6-4-10-5-7(6)9/h4-5,8H,2-3H2,1H3. The van der Waals surface area contributed by atoms with E-state index in [4.69, 9.17) is 0 Å². The van der Waals surface area contributed by atoms with Crippen molar-refractivity contribution in [1.82, 2.24) is 0 Å². The fourth-order valence-electron chi connectivity index (χ4n) is 1.20. The zero-order valence-electron chi connectivity index (χ0n) is 5.92. The van der Waals surface area contributed by atoms with Gasteiger partial charge >= 0.3 is 0 Å². The van der Waals surface area contributed by atoms with Crippen LogP contribution in [0.25, 0.3) is 0 Å². The zero-order chi connectivity index (χ0) is 6.97. The number of hydrogen-bond donors (Lipinski definition) is 1. The van der Waals surface area contributed by atoms with Gasteiger partial charge in [-0.3, -0.25) is 0 Å². The smallest absolute Gasteiger partial charge is 0.0708 e. The summed E-state index contributed by atoms with van der Waals surface area (Å²) in [5.74, 6) is 0. The van der Waals surface area contributed by atoms with Gasteiger partial charge in [0.1, 0.15) is 0 Å². The first kappa shape index (κ1) is 6.04. The van der Waals surface area contributed by atoms with Crippen LogP contribution in [0.5, 0.6) is 0 Å². The molecule has 0 atom stereocenters. The van der Waals surface area contributed by atoms with E-state index >= 15 is 0 Å². The third-order valence-corrected chi connectivity index (χ3v) is 2.55. The predicted octanol–water partition coefficient (Wildman–Crippen LogP) is 1.61. The molecule has 0 unspecified atom stereocenters. The highest BCUT2D eigenvalue weighted by molar-refractivity contribution is 7.09. The number of nitrogens with one attached hydrogen (secondary N) is 1. The van der Waals surface area contributed by atoms with Crippen LogP contribution in [0.15, 0.2) is 10.8 Å². The molecule has 54 valence electrons. The Kier molecular flexibility index (Phi) is 1.31. The first-order valence-corrected chi connectivity index (χ1v) is 4.33. The van der Waals surface area contributed by atoms with Gasteiger partial charge in [0.05, 0.1) is 11.4 Å². The number of likely N-dealkylation sites (N-methyl/N-ethyl adjacent to an activating group) is 1. The summed E-state index contributed by atoms with van der Waals surface area (Å²) in [4.78, 5) is 2.28. The van der Waals surface area contributed by atoms with Crippen molar-refractivity contribution in [1.29, 1.82) is 0 Å². The Bertz CT molecular complexity index is 231. The molecule has 0 spiro atoms. The molecule has 0 saturated heterocycles. The maximum atomic E-state index is 3.34. The molecule has 0 fully saturated rings. The molecule has 0 amide bonds. The SMILES string of the molecule is CN1CCNc2cscc21. The van der Waals surface area contributed by atoms with Gasteiger partial charge in [-0.1, -0.05) is 0 Å². The van der Waals surface area contributed by atoms with Crippen LogP contribution in [-0.2, 0) is 0 Å². The summed E-state index contributed by atoms with van der Waals surface area (Å²) in [5, 5.41) is 7.68. The summed E-state index contributed by atoms with van der Waals surface area (Å²) >= 11 is 1.75. The van der Waals surface area contributed by atoms with Crippen LogP contribution >= 0.6 is 11.3 Å². The minimum atomic E-state index is 1.07. The minimum absolute atomic E-state index is 1.07. The second-order valence-corrected chi connectivity index (χ2v) is 3.26. The lowest BCUT2D eigenvalue weighted by molar-refractivity contribution is 0.891. The second-order valence-electron chi connectivity index (χ2n) is 2.52. The molecule has 0 saturated carbocycles. The lowest BCUT2D eigenvalue weighted by Gasteiger charge is -2.25. The third kappa shape index (κ3) is 0.778. The Morgan fingerprint density at radius 3 is 3.30 bits per heavy atom. The Morgan fingerprint density at radius 1 is 1.60 bits per heavy atom. The van der Waals surface area contributed by atoms with Crippen LogP contribution in [0, 0.1) is 0 Å². The average Bonchev–Trinajstić information content (AvgIpc) is 2.36. The maximum absolute atomic E-state index is 3.34. The summed E-state index contributed by atoms with van der Waals surface area (Å²) in [5.41, 5.74) is 2.63. The van der Waals surface area contributed by atoms with Gasteiger partial charge in [-0.05, 0) is 0 Å². The molecule has 0 bridgehead atoms. The molecule has 0 aliphatic carbocycles. The van der Waals surface area contributed by atoms with E-state index in [2.05, 4.69) is 28.0 Å². The van der Waals surface area contributed by atoms with E-state index in [9.17, 15) is 0 Å². The lowest BCUT2D eigenvalue weighted by Crippen LogP contribution is -2.29. The lowest BCUT2D eigenvalue weighted by atomic mass is 10.3. The fourth-order valence-corrected chi connectivity index (χ4v) is 2.04. The Morgan fingerprint density at radius 2 is 2.50 bits per heavy atom. The number of rotatable bonds is 0. The van der Waals surface area contributed by atoms with Crippen LogP contribution in [-0.4, -0.2) is 20.1 Å². The average molecular weight is 154 g/mol. The van der Waals surface area contributed by atoms with Crippen LogP contribution in [0.3, 0.4) is 0 Å². The van der Waals surface area contributed by atoms with Gasteiger partial charge in [0.15, 0.2) is 0 Å². The summed E-state index contributed by atoms with van der Waals surface area (Å²) in [6, 6.07) is 0. The van der Waals surface area contributed by atoms with E-state index in [-0.39, 0.29) is 0 Å². The van der Waals surface area contributed by atoms with Crippen molar-refractivity contribution >= 4 is 22.7 Å². The van der Waals surface area contributed by atoms with Crippen LogP contribution in [0.4, 0.5) is 11.4 Å². The molecule has 2 heterocycles. The molecule has 2 rings (SSSR count). The van der Waals surface area contributed by atoms with Crippen molar-refractivity contribution in [3.05, 3.63) is 10.8 Å². The minimum Gasteiger partial charge on any atom is -0.381 e. The molecule has 1 aromatic rings. The Hall–Kier alpha value is -0.700. The molecule has 0 radical (unpaired) electrons. The molecule has 3 heteroatoms. The quantitative estimate of drug-likeness (QED) is 0.610. The van der Waals surface area contributed by atoms with Gasteiger partial charge in [0.25, 0.3) is 0 Å². The summed E-state index contributed by atoms with van der Waals surface area (Å²) in [6.45, 7) is 2.18. The molecular formula is C7H10N2S.